The van der Waals surface area contributed by atoms with Gasteiger partial charge in [0.25, 0.3) is 5.91 Å². The van der Waals surface area contributed by atoms with Crippen molar-refractivity contribution in [2.75, 3.05) is 13.1 Å². The van der Waals surface area contributed by atoms with Crippen molar-refractivity contribution in [2.24, 2.45) is 0 Å². The fraction of sp³-hybridized carbons (Fsp3) is 0.312. The number of imidazole rings is 1. The summed E-state index contributed by atoms with van der Waals surface area (Å²) in [6.45, 7) is -0.0290. The van der Waals surface area contributed by atoms with E-state index in [1.165, 1.54) is 0 Å². The van der Waals surface area contributed by atoms with Crippen molar-refractivity contribution in [2.45, 2.75) is 18.9 Å². The molecule has 0 bridgehead atoms. The van der Waals surface area contributed by atoms with Crippen molar-refractivity contribution in [3.63, 3.8) is 0 Å². The number of H-pyrrole nitrogens is 1. The van der Waals surface area contributed by atoms with E-state index in [0.29, 0.717) is 16.6 Å². The average molecular weight is 312 g/mol. The highest BCUT2D eigenvalue weighted by Gasteiger charge is 2.27. The molecule has 0 spiro atoms. The zero-order valence-corrected chi connectivity index (χ0v) is 12.4. The molecule has 2 amide bonds. The largest absolute Gasteiger partial charge is 0.344 e. The molecule has 0 aliphatic heterocycles. The number of aromatic nitrogens is 2. The molecule has 0 saturated heterocycles. The van der Waals surface area contributed by atoms with E-state index in [9.17, 15) is 14.4 Å². The molecule has 118 valence electrons. The van der Waals surface area contributed by atoms with Crippen molar-refractivity contribution >= 4 is 22.8 Å². The number of nitrogens with one attached hydrogen (secondary N) is 3. The first-order valence-electron chi connectivity index (χ1n) is 7.33. The first-order valence-corrected chi connectivity index (χ1v) is 7.33. The lowest BCUT2D eigenvalue weighted by atomic mass is 10.2. The van der Waals surface area contributed by atoms with Crippen LogP contribution in [0.15, 0.2) is 23.0 Å². The van der Waals surface area contributed by atoms with Gasteiger partial charge >= 0.3 is 5.69 Å². The molecule has 1 fully saturated rings. The van der Waals surface area contributed by atoms with Gasteiger partial charge in [-0.25, -0.2) is 4.79 Å². The quantitative estimate of drug-likeness (QED) is 0.685. The Balaban J connectivity index is 1.76. The minimum Gasteiger partial charge on any atom is -0.344 e. The maximum atomic E-state index is 12.1. The number of hydrogen-bond donors (Lipinski definition) is 3. The van der Waals surface area contributed by atoms with Gasteiger partial charge in [0, 0.05) is 11.6 Å². The van der Waals surface area contributed by atoms with E-state index in [1.54, 1.807) is 22.8 Å². The van der Waals surface area contributed by atoms with Crippen LogP contribution in [0.25, 0.3) is 11.0 Å². The number of fused-ring (bicyclic) bond motifs is 1. The van der Waals surface area contributed by atoms with E-state index >= 15 is 0 Å². The Labute approximate surface area is 132 Å². The first kappa shape index (κ1) is 14.9. The summed E-state index contributed by atoms with van der Waals surface area (Å²) >= 11 is 0. The molecule has 0 atom stereocenters. The van der Waals surface area contributed by atoms with E-state index < -0.39 is 0 Å². The van der Waals surface area contributed by atoms with Crippen LogP contribution in [0.2, 0.25) is 0 Å². The standard InChI is InChI=1S/C16H16N4O3/c1-2-7-17-14(21)9-18-15(22)10-3-6-12-13(8-10)20(11-4-5-11)16(23)19-12/h1,3,6,8,11H,4-5,7,9H2,(H,17,21)(H,18,22)(H,19,23). The van der Waals surface area contributed by atoms with E-state index in [4.69, 9.17) is 6.42 Å². The number of amides is 2. The SMILES string of the molecule is C#CCNC(=O)CNC(=O)c1ccc2[nH]c(=O)n(C3CC3)c2c1. The minimum atomic E-state index is -0.376. The van der Waals surface area contributed by atoms with E-state index in [1.807, 2.05) is 0 Å². The Kier molecular flexibility index (Phi) is 3.89. The van der Waals surface area contributed by atoms with Crippen LogP contribution in [0.4, 0.5) is 0 Å². The molecule has 1 aromatic carbocycles. The van der Waals surface area contributed by atoms with Gasteiger partial charge in [-0.05, 0) is 31.0 Å². The van der Waals surface area contributed by atoms with E-state index in [0.717, 1.165) is 12.8 Å². The summed E-state index contributed by atoms with van der Waals surface area (Å²) in [5.41, 5.74) is 1.65. The van der Waals surface area contributed by atoms with Crippen LogP contribution in [0.3, 0.4) is 0 Å². The van der Waals surface area contributed by atoms with Crippen LogP contribution in [-0.2, 0) is 4.79 Å². The molecule has 1 heterocycles. The molecule has 0 unspecified atom stereocenters. The second kappa shape index (κ2) is 6.01. The van der Waals surface area contributed by atoms with Crippen molar-refractivity contribution in [1.29, 1.82) is 0 Å². The Hall–Kier alpha value is -3.01. The maximum Gasteiger partial charge on any atom is 0.326 e. The first-order chi connectivity index (χ1) is 11.1. The molecular formula is C16H16N4O3. The molecule has 1 aliphatic carbocycles. The molecule has 7 nitrogen and oxygen atoms in total. The Bertz CT molecular complexity index is 868. The summed E-state index contributed by atoms with van der Waals surface area (Å²) < 4.78 is 1.69. The van der Waals surface area contributed by atoms with Crippen molar-refractivity contribution in [3.05, 3.63) is 34.2 Å². The third kappa shape index (κ3) is 3.11. The number of carbonyl (C=O) groups excluding carboxylic acids is 2. The van der Waals surface area contributed by atoms with Gasteiger partial charge in [0.15, 0.2) is 0 Å². The van der Waals surface area contributed by atoms with Crippen LogP contribution >= 0.6 is 0 Å². The molecule has 2 aromatic rings. The lowest BCUT2D eigenvalue weighted by Crippen LogP contribution is -2.37. The summed E-state index contributed by atoms with van der Waals surface area (Å²) in [6.07, 6.45) is 6.98. The van der Waals surface area contributed by atoms with Gasteiger partial charge in [-0.3, -0.25) is 14.2 Å². The fourth-order valence-corrected chi connectivity index (χ4v) is 2.43. The van der Waals surface area contributed by atoms with Crippen molar-refractivity contribution in [1.82, 2.24) is 20.2 Å². The van der Waals surface area contributed by atoms with Crippen LogP contribution < -0.4 is 16.3 Å². The molecule has 7 heteroatoms. The number of aromatic amines is 1. The zero-order chi connectivity index (χ0) is 16.4. The Morgan fingerprint density at radius 2 is 2.13 bits per heavy atom. The summed E-state index contributed by atoms with van der Waals surface area (Å²) in [5, 5.41) is 4.99. The maximum absolute atomic E-state index is 12.1. The van der Waals surface area contributed by atoms with E-state index in [2.05, 4.69) is 21.5 Å². The molecule has 23 heavy (non-hydrogen) atoms. The van der Waals surface area contributed by atoms with Gasteiger partial charge in [0.05, 0.1) is 24.1 Å². The molecule has 1 aliphatic rings. The van der Waals surface area contributed by atoms with Gasteiger partial charge < -0.3 is 15.6 Å². The summed E-state index contributed by atoms with van der Waals surface area (Å²) in [4.78, 5) is 38.3. The predicted octanol–water partition coefficient (Wildman–Crippen LogP) is 0.144. The molecule has 1 aromatic heterocycles. The molecule has 3 N–H and O–H groups in total. The number of nitrogens with zero attached hydrogens (tertiary/aromatic N) is 1. The summed E-state index contributed by atoms with van der Waals surface area (Å²) in [6, 6.07) is 5.19. The highest BCUT2D eigenvalue weighted by Crippen LogP contribution is 2.35. The highest BCUT2D eigenvalue weighted by atomic mass is 16.2. The smallest absolute Gasteiger partial charge is 0.326 e. The van der Waals surface area contributed by atoms with Crippen LogP contribution in [-0.4, -0.2) is 34.5 Å². The van der Waals surface area contributed by atoms with Crippen LogP contribution in [0, 0.1) is 12.3 Å². The number of benzene rings is 1. The van der Waals surface area contributed by atoms with Crippen LogP contribution in [0.1, 0.15) is 29.2 Å². The second-order valence-corrected chi connectivity index (χ2v) is 5.43. The topological polar surface area (TPSA) is 96.0 Å². The lowest BCUT2D eigenvalue weighted by molar-refractivity contribution is -0.119. The lowest BCUT2D eigenvalue weighted by Gasteiger charge is -2.06. The minimum absolute atomic E-state index is 0.123. The second-order valence-electron chi connectivity index (χ2n) is 5.43. The average Bonchev–Trinajstić information content (AvgIpc) is 3.32. The van der Waals surface area contributed by atoms with E-state index in [-0.39, 0.29) is 36.6 Å². The Morgan fingerprint density at radius 1 is 1.35 bits per heavy atom. The van der Waals surface area contributed by atoms with Crippen molar-refractivity contribution < 1.29 is 9.59 Å². The van der Waals surface area contributed by atoms with Gasteiger partial charge in [-0.2, -0.15) is 0 Å². The van der Waals surface area contributed by atoms with Gasteiger partial charge in [-0.1, -0.05) is 5.92 Å². The number of carbonyl (C=O) groups is 2. The van der Waals surface area contributed by atoms with Gasteiger partial charge in [-0.15, -0.1) is 6.42 Å². The molecule has 1 saturated carbocycles. The van der Waals surface area contributed by atoms with Crippen LogP contribution in [0.5, 0.6) is 0 Å². The zero-order valence-electron chi connectivity index (χ0n) is 12.4. The third-order valence-electron chi connectivity index (χ3n) is 3.69. The molecule has 3 rings (SSSR count). The fourth-order valence-electron chi connectivity index (χ4n) is 2.43. The number of hydrogen-bond acceptors (Lipinski definition) is 3. The summed E-state index contributed by atoms with van der Waals surface area (Å²) in [5.74, 6) is 1.55. The monoisotopic (exact) mass is 312 g/mol. The number of rotatable bonds is 5. The molecular weight excluding hydrogens is 296 g/mol. The Morgan fingerprint density at radius 3 is 2.83 bits per heavy atom. The normalized spacial score (nSPS) is 13.5. The van der Waals surface area contributed by atoms with Crippen molar-refractivity contribution in [3.8, 4) is 12.3 Å². The van der Waals surface area contributed by atoms with Gasteiger partial charge in [0.2, 0.25) is 5.91 Å². The highest BCUT2D eigenvalue weighted by molar-refractivity contribution is 5.99. The molecule has 0 radical (unpaired) electrons. The number of terminal acetylenes is 1. The third-order valence-corrected chi connectivity index (χ3v) is 3.69. The predicted molar refractivity (Wildman–Crippen MR) is 85.0 cm³/mol. The van der Waals surface area contributed by atoms with Gasteiger partial charge in [0.1, 0.15) is 0 Å². The summed E-state index contributed by atoms with van der Waals surface area (Å²) in [7, 11) is 0.